The smallest absolute Gasteiger partial charge is 0.305 e. The Hall–Kier alpha value is -1.10. The van der Waals surface area contributed by atoms with Crippen LogP contribution in [0.15, 0.2) is 0 Å². The molecule has 23 heavy (non-hydrogen) atoms. The van der Waals surface area contributed by atoms with Crippen LogP contribution in [0.25, 0.3) is 0 Å². The molecule has 1 rings (SSSR count). The van der Waals surface area contributed by atoms with Crippen LogP contribution in [0.5, 0.6) is 0 Å². The normalized spacial score (nSPS) is 16.4. The Kier molecular flexibility index (Phi) is 11.6. The Balaban J connectivity index is 1.94. The fourth-order valence-electron chi connectivity index (χ4n) is 3.01. The first-order valence-electron chi connectivity index (χ1n) is 9.20. The third-order valence-corrected chi connectivity index (χ3v) is 4.49. The second-order valence-corrected chi connectivity index (χ2v) is 6.54. The first-order valence-corrected chi connectivity index (χ1v) is 9.20. The fourth-order valence-corrected chi connectivity index (χ4v) is 3.01. The van der Waals surface area contributed by atoms with E-state index in [-0.39, 0.29) is 11.9 Å². The highest BCUT2D eigenvalue weighted by atomic mass is 16.6. The number of esters is 1. The van der Waals surface area contributed by atoms with E-state index < -0.39 is 0 Å². The first kappa shape index (κ1) is 19.9. The van der Waals surface area contributed by atoms with Crippen molar-refractivity contribution in [2.75, 3.05) is 13.7 Å². The highest BCUT2D eigenvalue weighted by molar-refractivity contribution is 5.74. The summed E-state index contributed by atoms with van der Waals surface area (Å²) in [7, 11) is 1.41. The van der Waals surface area contributed by atoms with E-state index in [1.807, 2.05) is 0 Å². The summed E-state index contributed by atoms with van der Waals surface area (Å²) in [6.45, 7) is 0.644. The topological polar surface area (TPSA) is 64.6 Å². The van der Waals surface area contributed by atoms with Gasteiger partial charge in [0.2, 0.25) is 5.91 Å². The molecule has 1 N–H and O–H groups in total. The molecule has 0 atom stereocenters. The van der Waals surface area contributed by atoms with Gasteiger partial charge in [-0.1, -0.05) is 44.9 Å². The Bertz CT molecular complexity index is 325. The molecule has 0 aromatic rings. The van der Waals surface area contributed by atoms with Gasteiger partial charge in [-0.15, -0.1) is 0 Å². The Morgan fingerprint density at radius 1 is 0.913 bits per heavy atom. The number of methoxy groups -OCH3 is 1. The van der Waals surface area contributed by atoms with Crippen LogP contribution in [0.2, 0.25) is 0 Å². The van der Waals surface area contributed by atoms with E-state index in [2.05, 4.69) is 10.2 Å². The summed E-state index contributed by atoms with van der Waals surface area (Å²) in [5.41, 5.74) is 2.57. The molecule has 0 aliphatic heterocycles. The molecular formula is C18H33NO4. The lowest BCUT2D eigenvalue weighted by Crippen LogP contribution is -2.26. The minimum atomic E-state index is -0.162. The number of carbonyl (C=O) groups is 2. The number of carbonyl (C=O) groups excluding carboxylic acids is 2. The quantitative estimate of drug-likeness (QED) is 0.375. The molecule has 1 aliphatic carbocycles. The standard InChI is InChI=1S/C18H33NO4/c1-22-18(21)14-10-6-5-9-13-17(20)19-23-15-16-11-7-3-2-4-8-12-16/h16H,2-15H2,1H3,(H,19,20). The van der Waals surface area contributed by atoms with E-state index in [1.54, 1.807) is 0 Å². The van der Waals surface area contributed by atoms with Crippen molar-refractivity contribution in [3.8, 4) is 0 Å². The number of ether oxygens (including phenoxy) is 1. The molecule has 0 spiro atoms. The fraction of sp³-hybridized carbons (Fsp3) is 0.889. The van der Waals surface area contributed by atoms with Gasteiger partial charge in [0.25, 0.3) is 0 Å². The van der Waals surface area contributed by atoms with Crippen molar-refractivity contribution in [3.63, 3.8) is 0 Å². The minimum absolute atomic E-state index is 0.0381. The Morgan fingerprint density at radius 2 is 1.52 bits per heavy atom. The number of hydrogen-bond acceptors (Lipinski definition) is 4. The largest absolute Gasteiger partial charge is 0.469 e. The maximum atomic E-state index is 11.7. The highest BCUT2D eigenvalue weighted by Crippen LogP contribution is 2.22. The molecule has 1 fully saturated rings. The second kappa shape index (κ2) is 13.3. The summed E-state index contributed by atoms with van der Waals surface area (Å²) in [6.07, 6.45) is 13.6. The van der Waals surface area contributed by atoms with E-state index in [1.165, 1.54) is 52.1 Å². The zero-order chi connectivity index (χ0) is 16.8. The lowest BCUT2D eigenvalue weighted by molar-refractivity contribution is -0.140. The third kappa shape index (κ3) is 11.1. The van der Waals surface area contributed by atoms with Crippen molar-refractivity contribution in [2.45, 2.75) is 83.5 Å². The molecule has 0 heterocycles. The van der Waals surface area contributed by atoms with Crippen LogP contribution in [0.4, 0.5) is 0 Å². The molecule has 0 aromatic heterocycles. The van der Waals surface area contributed by atoms with Gasteiger partial charge in [0, 0.05) is 12.8 Å². The molecule has 134 valence electrons. The van der Waals surface area contributed by atoms with Gasteiger partial charge in [-0.05, 0) is 31.6 Å². The third-order valence-electron chi connectivity index (χ3n) is 4.49. The van der Waals surface area contributed by atoms with E-state index in [4.69, 9.17) is 4.84 Å². The van der Waals surface area contributed by atoms with Crippen molar-refractivity contribution in [3.05, 3.63) is 0 Å². The molecule has 0 radical (unpaired) electrons. The first-order chi connectivity index (χ1) is 11.2. The number of nitrogens with one attached hydrogen (secondary N) is 1. The van der Waals surface area contributed by atoms with Gasteiger partial charge in [0.1, 0.15) is 0 Å². The van der Waals surface area contributed by atoms with Gasteiger partial charge in [-0.2, -0.15) is 0 Å². The van der Waals surface area contributed by atoms with Gasteiger partial charge in [-0.3, -0.25) is 14.4 Å². The van der Waals surface area contributed by atoms with Crippen LogP contribution in [0, 0.1) is 5.92 Å². The van der Waals surface area contributed by atoms with Crippen molar-refractivity contribution < 1.29 is 19.2 Å². The number of hydroxylamine groups is 1. The number of hydrogen-bond donors (Lipinski definition) is 1. The Labute approximate surface area is 140 Å². The van der Waals surface area contributed by atoms with Crippen LogP contribution in [-0.4, -0.2) is 25.6 Å². The molecule has 0 unspecified atom stereocenters. The van der Waals surface area contributed by atoms with Crippen molar-refractivity contribution in [2.24, 2.45) is 5.92 Å². The molecule has 1 aliphatic rings. The lowest BCUT2D eigenvalue weighted by atomic mass is 9.92. The summed E-state index contributed by atoms with van der Waals surface area (Å²) in [4.78, 5) is 28.0. The average molecular weight is 327 g/mol. The van der Waals surface area contributed by atoms with Crippen LogP contribution in [0.3, 0.4) is 0 Å². The van der Waals surface area contributed by atoms with Crippen LogP contribution >= 0.6 is 0 Å². The summed E-state index contributed by atoms with van der Waals surface area (Å²) in [5.74, 6) is 0.392. The van der Waals surface area contributed by atoms with Gasteiger partial charge in [-0.25, -0.2) is 5.48 Å². The summed E-state index contributed by atoms with van der Waals surface area (Å²) >= 11 is 0. The van der Waals surface area contributed by atoms with Gasteiger partial charge < -0.3 is 4.74 Å². The van der Waals surface area contributed by atoms with Crippen molar-refractivity contribution in [1.82, 2.24) is 5.48 Å². The SMILES string of the molecule is COC(=O)CCCCCCC(=O)NOCC1CCCCCCC1. The van der Waals surface area contributed by atoms with Gasteiger partial charge >= 0.3 is 5.97 Å². The van der Waals surface area contributed by atoms with Gasteiger partial charge in [0.05, 0.1) is 13.7 Å². The predicted octanol–water partition coefficient (Wildman–Crippen LogP) is 3.91. The van der Waals surface area contributed by atoms with Gasteiger partial charge in [0.15, 0.2) is 0 Å². The van der Waals surface area contributed by atoms with E-state index in [0.717, 1.165) is 25.7 Å². The van der Waals surface area contributed by atoms with E-state index in [9.17, 15) is 9.59 Å². The molecule has 0 bridgehead atoms. The average Bonchev–Trinajstić information content (AvgIpc) is 2.52. The summed E-state index contributed by atoms with van der Waals surface area (Å²) in [6, 6.07) is 0. The zero-order valence-corrected chi connectivity index (χ0v) is 14.6. The van der Waals surface area contributed by atoms with Crippen LogP contribution < -0.4 is 5.48 Å². The summed E-state index contributed by atoms with van der Waals surface area (Å²) in [5, 5.41) is 0. The van der Waals surface area contributed by atoms with Crippen molar-refractivity contribution >= 4 is 11.9 Å². The Morgan fingerprint density at radius 3 is 2.17 bits per heavy atom. The number of rotatable bonds is 10. The van der Waals surface area contributed by atoms with Crippen LogP contribution in [0.1, 0.15) is 83.5 Å². The van der Waals surface area contributed by atoms with E-state index >= 15 is 0 Å². The maximum absolute atomic E-state index is 11.7. The van der Waals surface area contributed by atoms with E-state index in [0.29, 0.717) is 25.4 Å². The predicted molar refractivity (Wildman–Crippen MR) is 89.6 cm³/mol. The van der Waals surface area contributed by atoms with Crippen LogP contribution in [-0.2, 0) is 19.2 Å². The summed E-state index contributed by atoms with van der Waals surface area (Å²) < 4.78 is 4.58. The minimum Gasteiger partial charge on any atom is -0.469 e. The molecule has 5 nitrogen and oxygen atoms in total. The molecule has 5 heteroatoms. The molecule has 1 amide bonds. The number of amides is 1. The molecular weight excluding hydrogens is 294 g/mol. The maximum Gasteiger partial charge on any atom is 0.305 e. The number of unbranched alkanes of at least 4 members (excludes halogenated alkanes) is 3. The molecule has 0 aromatic carbocycles. The van der Waals surface area contributed by atoms with Crippen molar-refractivity contribution in [1.29, 1.82) is 0 Å². The molecule has 0 saturated heterocycles. The lowest BCUT2D eigenvalue weighted by Gasteiger charge is -2.19. The zero-order valence-electron chi connectivity index (χ0n) is 14.6. The second-order valence-electron chi connectivity index (χ2n) is 6.54. The monoisotopic (exact) mass is 327 g/mol. The highest BCUT2D eigenvalue weighted by Gasteiger charge is 2.12. The molecule has 1 saturated carbocycles.